The normalized spacial score (nSPS) is 18.1. The lowest BCUT2D eigenvalue weighted by molar-refractivity contribution is 0.122. The van der Waals surface area contributed by atoms with Crippen LogP contribution in [0.25, 0.3) is 0 Å². The van der Waals surface area contributed by atoms with E-state index in [0.717, 1.165) is 24.3 Å². The number of rotatable bonds is 4. The number of benzene rings is 1. The first kappa shape index (κ1) is 12.3. The maximum atomic E-state index is 14.0. The summed E-state index contributed by atoms with van der Waals surface area (Å²) in [4.78, 5) is 2.18. The van der Waals surface area contributed by atoms with E-state index in [1.165, 1.54) is 0 Å². The van der Waals surface area contributed by atoms with Crippen LogP contribution < -0.4 is 10.6 Å². The largest absolute Gasteiger partial charge is 0.378 e. The zero-order valence-electron chi connectivity index (χ0n) is 9.94. The second kappa shape index (κ2) is 5.98. The fourth-order valence-electron chi connectivity index (χ4n) is 2.15. The minimum absolute atomic E-state index is 0.374. The fourth-order valence-corrected chi connectivity index (χ4v) is 2.15. The molecule has 4 heteroatoms. The topological polar surface area (TPSA) is 38.5 Å². The molecule has 0 aromatic heterocycles. The van der Waals surface area contributed by atoms with E-state index in [2.05, 4.69) is 4.90 Å². The maximum Gasteiger partial charge on any atom is 0.128 e. The van der Waals surface area contributed by atoms with Crippen LogP contribution in [0.4, 0.5) is 10.1 Å². The zero-order chi connectivity index (χ0) is 12.1. The summed E-state index contributed by atoms with van der Waals surface area (Å²) < 4.78 is 19.3. The SMILES string of the molecule is NCCC(F)c1ccccc1N1CCOCC1. The molecule has 0 amide bonds. The van der Waals surface area contributed by atoms with E-state index in [9.17, 15) is 4.39 Å². The molecule has 0 radical (unpaired) electrons. The quantitative estimate of drug-likeness (QED) is 0.870. The molecular formula is C13H19FN2O. The van der Waals surface area contributed by atoms with Gasteiger partial charge in [-0.3, -0.25) is 0 Å². The van der Waals surface area contributed by atoms with E-state index in [4.69, 9.17) is 10.5 Å². The summed E-state index contributed by atoms with van der Waals surface area (Å²) in [6, 6.07) is 7.65. The Morgan fingerprint density at radius 2 is 2.00 bits per heavy atom. The highest BCUT2D eigenvalue weighted by atomic mass is 19.1. The number of hydrogen-bond acceptors (Lipinski definition) is 3. The van der Waals surface area contributed by atoms with Crippen LogP contribution in [0.3, 0.4) is 0 Å². The van der Waals surface area contributed by atoms with Crippen molar-refractivity contribution in [2.24, 2.45) is 5.73 Å². The zero-order valence-corrected chi connectivity index (χ0v) is 9.94. The number of ether oxygens (including phenoxy) is 1. The molecular weight excluding hydrogens is 219 g/mol. The van der Waals surface area contributed by atoms with Gasteiger partial charge < -0.3 is 15.4 Å². The van der Waals surface area contributed by atoms with Crippen LogP contribution in [-0.2, 0) is 4.74 Å². The lowest BCUT2D eigenvalue weighted by Gasteiger charge is -2.31. The molecule has 1 aromatic carbocycles. The molecule has 94 valence electrons. The molecule has 0 spiro atoms. The average Bonchev–Trinajstić information content (AvgIpc) is 2.40. The summed E-state index contributed by atoms with van der Waals surface area (Å²) in [5.41, 5.74) is 7.15. The Hall–Kier alpha value is -1.13. The van der Waals surface area contributed by atoms with Crippen molar-refractivity contribution in [3.63, 3.8) is 0 Å². The molecule has 0 saturated carbocycles. The van der Waals surface area contributed by atoms with Crippen LogP contribution >= 0.6 is 0 Å². The first-order chi connectivity index (χ1) is 8.33. The van der Waals surface area contributed by atoms with Gasteiger partial charge in [-0.1, -0.05) is 18.2 Å². The Morgan fingerprint density at radius 3 is 2.71 bits per heavy atom. The van der Waals surface area contributed by atoms with Crippen molar-refractivity contribution in [2.75, 3.05) is 37.7 Å². The molecule has 17 heavy (non-hydrogen) atoms. The number of para-hydroxylation sites is 1. The van der Waals surface area contributed by atoms with Crippen LogP contribution in [0.1, 0.15) is 18.2 Å². The molecule has 3 nitrogen and oxygen atoms in total. The molecule has 0 bridgehead atoms. The summed E-state index contributed by atoms with van der Waals surface area (Å²) in [5.74, 6) is 0. The summed E-state index contributed by atoms with van der Waals surface area (Å²) in [7, 11) is 0. The van der Waals surface area contributed by atoms with Crippen LogP contribution in [0.2, 0.25) is 0 Å². The molecule has 2 N–H and O–H groups in total. The van der Waals surface area contributed by atoms with Gasteiger partial charge in [-0.05, 0) is 19.0 Å². The van der Waals surface area contributed by atoms with Crippen LogP contribution in [-0.4, -0.2) is 32.8 Å². The number of alkyl halides is 1. The van der Waals surface area contributed by atoms with Gasteiger partial charge in [0.25, 0.3) is 0 Å². The lowest BCUT2D eigenvalue weighted by Crippen LogP contribution is -2.36. The molecule has 1 heterocycles. The maximum absolute atomic E-state index is 14.0. The number of nitrogens with zero attached hydrogens (tertiary/aromatic N) is 1. The van der Waals surface area contributed by atoms with Crippen molar-refractivity contribution in [1.29, 1.82) is 0 Å². The van der Waals surface area contributed by atoms with Crippen LogP contribution in [0.15, 0.2) is 24.3 Å². The van der Waals surface area contributed by atoms with Gasteiger partial charge >= 0.3 is 0 Å². The predicted octanol–water partition coefficient (Wildman–Crippen LogP) is 1.88. The average molecular weight is 238 g/mol. The highest BCUT2D eigenvalue weighted by Gasteiger charge is 2.19. The van der Waals surface area contributed by atoms with Crippen LogP contribution in [0.5, 0.6) is 0 Å². The van der Waals surface area contributed by atoms with Gasteiger partial charge in [-0.2, -0.15) is 0 Å². The van der Waals surface area contributed by atoms with Gasteiger partial charge in [-0.25, -0.2) is 4.39 Å². The molecule has 2 rings (SSSR count). The summed E-state index contributed by atoms with van der Waals surface area (Å²) in [6.45, 7) is 3.45. The number of halogens is 1. The van der Waals surface area contributed by atoms with Crippen molar-refractivity contribution < 1.29 is 9.13 Å². The van der Waals surface area contributed by atoms with Gasteiger partial charge in [-0.15, -0.1) is 0 Å². The van der Waals surface area contributed by atoms with Crippen molar-refractivity contribution in [1.82, 2.24) is 0 Å². The summed E-state index contributed by atoms with van der Waals surface area (Å²) >= 11 is 0. The van der Waals surface area contributed by atoms with E-state index in [-0.39, 0.29) is 0 Å². The molecule has 1 fully saturated rings. The molecule has 1 aromatic rings. The number of hydrogen-bond donors (Lipinski definition) is 1. The van der Waals surface area contributed by atoms with E-state index in [1.807, 2.05) is 24.3 Å². The van der Waals surface area contributed by atoms with E-state index in [1.54, 1.807) is 0 Å². The van der Waals surface area contributed by atoms with Gasteiger partial charge in [0.1, 0.15) is 6.17 Å². The third-order valence-corrected chi connectivity index (χ3v) is 3.05. The monoisotopic (exact) mass is 238 g/mol. The number of morpholine rings is 1. The second-order valence-corrected chi connectivity index (χ2v) is 4.20. The first-order valence-corrected chi connectivity index (χ1v) is 6.08. The highest BCUT2D eigenvalue weighted by molar-refractivity contribution is 5.55. The Kier molecular flexibility index (Phi) is 4.34. The van der Waals surface area contributed by atoms with E-state index < -0.39 is 6.17 Å². The molecule has 1 atom stereocenters. The minimum Gasteiger partial charge on any atom is -0.378 e. The summed E-state index contributed by atoms with van der Waals surface area (Å²) in [5, 5.41) is 0. The van der Waals surface area contributed by atoms with Crippen molar-refractivity contribution in [3.05, 3.63) is 29.8 Å². The van der Waals surface area contributed by atoms with E-state index in [0.29, 0.717) is 26.2 Å². The van der Waals surface area contributed by atoms with Crippen molar-refractivity contribution >= 4 is 5.69 Å². The van der Waals surface area contributed by atoms with E-state index >= 15 is 0 Å². The Morgan fingerprint density at radius 1 is 1.29 bits per heavy atom. The molecule has 1 saturated heterocycles. The molecule has 1 unspecified atom stereocenters. The lowest BCUT2D eigenvalue weighted by atomic mass is 10.0. The number of anilines is 1. The third-order valence-electron chi connectivity index (χ3n) is 3.05. The Bertz CT molecular complexity index is 353. The fraction of sp³-hybridized carbons (Fsp3) is 0.538. The van der Waals surface area contributed by atoms with Gasteiger partial charge in [0.05, 0.1) is 13.2 Å². The summed E-state index contributed by atoms with van der Waals surface area (Å²) in [6.07, 6.45) is -0.597. The Balaban J connectivity index is 2.19. The standard InChI is InChI=1S/C13H19FN2O/c14-12(5-6-15)11-3-1-2-4-13(11)16-7-9-17-10-8-16/h1-4,12H,5-10,15H2. The van der Waals surface area contributed by atoms with Crippen molar-refractivity contribution in [2.45, 2.75) is 12.6 Å². The van der Waals surface area contributed by atoms with Gasteiger partial charge in [0.15, 0.2) is 0 Å². The highest BCUT2D eigenvalue weighted by Crippen LogP contribution is 2.30. The molecule has 1 aliphatic rings. The minimum atomic E-state index is -0.973. The molecule has 1 aliphatic heterocycles. The second-order valence-electron chi connectivity index (χ2n) is 4.20. The van der Waals surface area contributed by atoms with Gasteiger partial charge in [0.2, 0.25) is 0 Å². The van der Waals surface area contributed by atoms with Gasteiger partial charge in [0, 0.05) is 24.3 Å². The first-order valence-electron chi connectivity index (χ1n) is 6.08. The predicted molar refractivity (Wildman–Crippen MR) is 67.0 cm³/mol. The third kappa shape index (κ3) is 2.96. The Labute approximate surface area is 101 Å². The van der Waals surface area contributed by atoms with Crippen LogP contribution in [0, 0.1) is 0 Å². The van der Waals surface area contributed by atoms with Crippen molar-refractivity contribution in [3.8, 4) is 0 Å². The number of nitrogens with two attached hydrogens (primary N) is 1. The molecule has 0 aliphatic carbocycles. The smallest absolute Gasteiger partial charge is 0.128 e.